The van der Waals surface area contributed by atoms with E-state index in [0.717, 1.165) is 29.3 Å². The Morgan fingerprint density at radius 3 is 2.81 bits per heavy atom. The zero-order valence-electron chi connectivity index (χ0n) is 9.75. The quantitative estimate of drug-likeness (QED) is 0.614. The van der Waals surface area contributed by atoms with Gasteiger partial charge in [0.25, 0.3) is 0 Å². The molecule has 0 bridgehead atoms. The Labute approximate surface area is 105 Å². The van der Waals surface area contributed by atoms with Crippen LogP contribution in [0.15, 0.2) is 18.2 Å². The molecule has 0 unspecified atom stereocenters. The van der Waals surface area contributed by atoms with Crippen molar-refractivity contribution in [3.8, 4) is 0 Å². The highest BCUT2D eigenvalue weighted by Crippen LogP contribution is 2.14. The van der Waals surface area contributed by atoms with Gasteiger partial charge in [0.15, 0.2) is 0 Å². The topological polar surface area (TPSA) is 26.3 Å². The lowest BCUT2D eigenvalue weighted by Gasteiger charge is -2.07. The first kappa shape index (κ1) is 13.2. The first-order valence-electron chi connectivity index (χ1n) is 5.38. The summed E-state index contributed by atoms with van der Waals surface area (Å²) in [6, 6.07) is 6.30. The highest BCUT2D eigenvalue weighted by molar-refractivity contribution is 9.09. The second kappa shape index (κ2) is 6.69. The molecule has 0 amide bonds. The molecule has 0 saturated carbocycles. The Hall–Kier alpha value is -0.830. The third-order valence-electron chi connectivity index (χ3n) is 2.58. The van der Waals surface area contributed by atoms with Crippen LogP contribution in [0.4, 0.5) is 0 Å². The van der Waals surface area contributed by atoms with Gasteiger partial charge < -0.3 is 4.74 Å². The number of esters is 1. The van der Waals surface area contributed by atoms with Gasteiger partial charge in [-0.1, -0.05) is 34.1 Å². The van der Waals surface area contributed by atoms with E-state index in [9.17, 15) is 4.79 Å². The molecule has 0 aliphatic heterocycles. The predicted octanol–water partition coefficient (Wildman–Crippen LogP) is 3.04. The van der Waals surface area contributed by atoms with Crippen LogP contribution >= 0.6 is 15.9 Å². The van der Waals surface area contributed by atoms with Crippen molar-refractivity contribution in [2.45, 2.75) is 26.2 Å². The minimum absolute atomic E-state index is 0.180. The summed E-state index contributed by atoms with van der Waals surface area (Å²) in [5.41, 5.74) is 3.50. The summed E-state index contributed by atoms with van der Waals surface area (Å²) in [4.78, 5) is 11.2. The number of halogens is 1. The van der Waals surface area contributed by atoms with Crippen LogP contribution in [0.25, 0.3) is 0 Å². The Balaban J connectivity index is 2.77. The van der Waals surface area contributed by atoms with Crippen LogP contribution in [0.1, 0.15) is 23.1 Å². The molecule has 0 aliphatic rings. The van der Waals surface area contributed by atoms with Crippen LogP contribution < -0.4 is 0 Å². The van der Waals surface area contributed by atoms with Gasteiger partial charge in [-0.25, -0.2) is 0 Å². The average molecular weight is 285 g/mol. The lowest BCUT2D eigenvalue weighted by Crippen LogP contribution is -2.06. The molecule has 0 heterocycles. The van der Waals surface area contributed by atoms with Crippen LogP contribution in [0.2, 0.25) is 0 Å². The fraction of sp³-hybridized carbons (Fsp3) is 0.462. The van der Waals surface area contributed by atoms with Gasteiger partial charge in [0.2, 0.25) is 0 Å². The number of hydrogen-bond donors (Lipinski definition) is 0. The minimum Gasteiger partial charge on any atom is -0.469 e. The van der Waals surface area contributed by atoms with Crippen LogP contribution in [-0.4, -0.2) is 18.4 Å². The van der Waals surface area contributed by atoms with Gasteiger partial charge in [-0.15, -0.1) is 0 Å². The molecule has 0 aromatic heterocycles. The van der Waals surface area contributed by atoms with Crippen LogP contribution in [0, 0.1) is 6.92 Å². The maximum atomic E-state index is 11.2. The molecular weight excluding hydrogens is 268 g/mol. The zero-order chi connectivity index (χ0) is 12.0. The maximum absolute atomic E-state index is 11.2. The molecule has 0 aliphatic carbocycles. The van der Waals surface area contributed by atoms with Crippen molar-refractivity contribution in [2.75, 3.05) is 12.4 Å². The van der Waals surface area contributed by atoms with Crippen molar-refractivity contribution in [1.82, 2.24) is 0 Å². The predicted molar refractivity (Wildman–Crippen MR) is 69.0 cm³/mol. The molecular formula is C13H17BrO2. The number of aryl methyl sites for hydroxylation is 2. The fourth-order valence-corrected chi connectivity index (χ4v) is 1.85. The highest BCUT2D eigenvalue weighted by Gasteiger charge is 2.06. The Bertz CT molecular complexity index is 361. The molecule has 1 rings (SSSR count). The Morgan fingerprint density at radius 1 is 1.44 bits per heavy atom. The largest absolute Gasteiger partial charge is 0.469 e. The standard InChI is InChI=1S/C13H17BrO2/c1-10-5-6-11(4-3-7-14)8-12(10)9-13(15)16-2/h5-6,8H,3-4,7,9H2,1-2H3. The fourth-order valence-electron chi connectivity index (χ4n) is 1.57. The third kappa shape index (κ3) is 3.97. The number of ether oxygens (including phenoxy) is 1. The molecule has 88 valence electrons. The first-order valence-corrected chi connectivity index (χ1v) is 6.50. The molecule has 3 heteroatoms. The molecule has 0 spiro atoms. The summed E-state index contributed by atoms with van der Waals surface area (Å²) in [6.07, 6.45) is 2.52. The summed E-state index contributed by atoms with van der Waals surface area (Å²) < 4.78 is 4.68. The molecule has 0 atom stereocenters. The number of benzene rings is 1. The van der Waals surface area contributed by atoms with E-state index in [1.165, 1.54) is 12.7 Å². The van der Waals surface area contributed by atoms with E-state index < -0.39 is 0 Å². The van der Waals surface area contributed by atoms with Gasteiger partial charge in [0.1, 0.15) is 0 Å². The van der Waals surface area contributed by atoms with Crippen molar-refractivity contribution in [1.29, 1.82) is 0 Å². The van der Waals surface area contributed by atoms with Gasteiger partial charge >= 0.3 is 5.97 Å². The van der Waals surface area contributed by atoms with Crippen molar-refractivity contribution in [3.63, 3.8) is 0 Å². The van der Waals surface area contributed by atoms with Crippen molar-refractivity contribution in [2.24, 2.45) is 0 Å². The molecule has 1 aromatic carbocycles. The summed E-state index contributed by atoms with van der Waals surface area (Å²) in [5, 5.41) is 1.01. The van der Waals surface area contributed by atoms with Crippen molar-refractivity contribution >= 4 is 21.9 Å². The Morgan fingerprint density at radius 2 is 2.19 bits per heavy atom. The molecule has 1 aromatic rings. The summed E-state index contributed by atoms with van der Waals surface area (Å²) in [5.74, 6) is -0.180. The van der Waals surface area contributed by atoms with E-state index in [4.69, 9.17) is 0 Å². The number of methoxy groups -OCH3 is 1. The van der Waals surface area contributed by atoms with Crippen LogP contribution in [0.5, 0.6) is 0 Å². The normalized spacial score (nSPS) is 10.2. The number of carbonyl (C=O) groups excluding carboxylic acids is 1. The van der Waals surface area contributed by atoms with Crippen molar-refractivity contribution < 1.29 is 9.53 Å². The second-order valence-electron chi connectivity index (χ2n) is 3.81. The maximum Gasteiger partial charge on any atom is 0.309 e. The minimum atomic E-state index is -0.180. The molecule has 0 saturated heterocycles. The number of hydrogen-bond acceptors (Lipinski definition) is 2. The summed E-state index contributed by atoms with van der Waals surface area (Å²) in [7, 11) is 1.42. The van der Waals surface area contributed by atoms with E-state index in [1.807, 2.05) is 6.92 Å². The van der Waals surface area contributed by atoms with Gasteiger partial charge in [0.05, 0.1) is 13.5 Å². The van der Waals surface area contributed by atoms with Crippen molar-refractivity contribution in [3.05, 3.63) is 34.9 Å². The lowest BCUT2D eigenvalue weighted by molar-refractivity contribution is -0.139. The highest BCUT2D eigenvalue weighted by atomic mass is 79.9. The number of rotatable bonds is 5. The average Bonchev–Trinajstić information content (AvgIpc) is 2.30. The molecule has 0 radical (unpaired) electrons. The molecule has 2 nitrogen and oxygen atoms in total. The SMILES string of the molecule is COC(=O)Cc1cc(CCCBr)ccc1C. The van der Waals surface area contributed by atoms with E-state index in [1.54, 1.807) is 0 Å². The third-order valence-corrected chi connectivity index (χ3v) is 3.14. The second-order valence-corrected chi connectivity index (χ2v) is 4.60. The smallest absolute Gasteiger partial charge is 0.309 e. The lowest BCUT2D eigenvalue weighted by atomic mass is 10.0. The molecule has 16 heavy (non-hydrogen) atoms. The van der Waals surface area contributed by atoms with E-state index >= 15 is 0 Å². The van der Waals surface area contributed by atoms with Crippen LogP contribution in [-0.2, 0) is 22.4 Å². The van der Waals surface area contributed by atoms with E-state index in [2.05, 4.69) is 38.9 Å². The van der Waals surface area contributed by atoms with Gasteiger partial charge in [-0.3, -0.25) is 4.79 Å². The zero-order valence-corrected chi connectivity index (χ0v) is 11.3. The van der Waals surface area contributed by atoms with E-state index in [-0.39, 0.29) is 5.97 Å². The van der Waals surface area contributed by atoms with E-state index in [0.29, 0.717) is 6.42 Å². The Kier molecular flexibility index (Phi) is 5.53. The monoisotopic (exact) mass is 284 g/mol. The number of alkyl halides is 1. The van der Waals surface area contributed by atoms with Gasteiger partial charge in [-0.2, -0.15) is 0 Å². The summed E-state index contributed by atoms with van der Waals surface area (Å²) >= 11 is 3.42. The number of carbonyl (C=O) groups is 1. The molecule has 0 N–H and O–H groups in total. The first-order chi connectivity index (χ1) is 7.67. The summed E-state index contributed by atoms with van der Waals surface area (Å²) in [6.45, 7) is 2.02. The van der Waals surface area contributed by atoms with Gasteiger partial charge in [0, 0.05) is 5.33 Å². The van der Waals surface area contributed by atoms with Crippen LogP contribution in [0.3, 0.4) is 0 Å². The van der Waals surface area contributed by atoms with Gasteiger partial charge in [-0.05, 0) is 36.5 Å². The molecule has 0 fully saturated rings.